The number of carbonyl (C=O) groups is 1. The summed E-state index contributed by atoms with van der Waals surface area (Å²) in [5.74, 6) is -0.946. The molecule has 2 aromatic carbocycles. The van der Waals surface area contributed by atoms with Gasteiger partial charge in [0.25, 0.3) is 0 Å². The van der Waals surface area contributed by atoms with Crippen LogP contribution in [0.15, 0.2) is 48.8 Å². The van der Waals surface area contributed by atoms with Gasteiger partial charge >= 0.3 is 5.97 Å². The lowest BCUT2D eigenvalue weighted by molar-refractivity contribution is -0.143. The Kier molecular flexibility index (Phi) is 6.35. The van der Waals surface area contributed by atoms with Crippen molar-refractivity contribution < 1.29 is 18.3 Å². The number of nitrogens with one attached hydrogen (secondary N) is 2. The Balaban J connectivity index is 1.64. The number of esters is 1. The van der Waals surface area contributed by atoms with Gasteiger partial charge in [-0.3, -0.25) is 4.79 Å². The molecule has 0 radical (unpaired) electrons. The van der Waals surface area contributed by atoms with Crippen molar-refractivity contribution >= 4 is 27.8 Å². The lowest BCUT2D eigenvalue weighted by Gasteiger charge is -2.17. The maximum Gasteiger partial charge on any atom is 0.305 e. The van der Waals surface area contributed by atoms with Gasteiger partial charge in [0.15, 0.2) is 0 Å². The number of aromatic nitrogens is 2. The van der Waals surface area contributed by atoms with E-state index in [0.717, 1.165) is 41.4 Å². The first-order valence-corrected chi connectivity index (χ1v) is 10.8. The van der Waals surface area contributed by atoms with Crippen LogP contribution in [0.5, 0.6) is 0 Å². The van der Waals surface area contributed by atoms with Crippen molar-refractivity contribution in [3.8, 4) is 0 Å². The minimum absolute atomic E-state index is 0.182. The van der Waals surface area contributed by atoms with E-state index in [1.54, 1.807) is 19.1 Å². The molecule has 2 N–H and O–H groups in total. The molecule has 0 aliphatic carbocycles. The molecule has 0 fully saturated rings. The minimum Gasteiger partial charge on any atom is -0.466 e. The summed E-state index contributed by atoms with van der Waals surface area (Å²) in [6.07, 6.45) is 7.16. The van der Waals surface area contributed by atoms with Crippen LogP contribution in [-0.2, 0) is 9.53 Å². The van der Waals surface area contributed by atoms with Gasteiger partial charge in [0.2, 0.25) is 0 Å². The molecule has 162 valence electrons. The molecule has 4 rings (SSSR count). The van der Waals surface area contributed by atoms with Gasteiger partial charge in [0.1, 0.15) is 11.6 Å². The average Bonchev–Trinajstić information content (AvgIpc) is 3.37. The Hall–Kier alpha value is -3.15. The van der Waals surface area contributed by atoms with E-state index in [1.807, 2.05) is 24.5 Å². The second-order valence-corrected chi connectivity index (χ2v) is 7.77. The van der Waals surface area contributed by atoms with Crippen molar-refractivity contribution in [1.82, 2.24) is 9.97 Å². The number of halogens is 2. The molecule has 2 aromatic heterocycles. The Labute approximate surface area is 179 Å². The summed E-state index contributed by atoms with van der Waals surface area (Å²) in [7, 11) is 0. The summed E-state index contributed by atoms with van der Waals surface area (Å²) in [5.41, 5.74) is 3.09. The summed E-state index contributed by atoms with van der Waals surface area (Å²) >= 11 is 0. The van der Waals surface area contributed by atoms with Gasteiger partial charge in [0.05, 0.1) is 6.61 Å². The van der Waals surface area contributed by atoms with Crippen LogP contribution in [-0.4, -0.2) is 22.5 Å². The number of hydrogen-bond acceptors (Lipinski definition) is 2. The zero-order chi connectivity index (χ0) is 21.8. The molecule has 6 heteroatoms. The van der Waals surface area contributed by atoms with Crippen LogP contribution >= 0.6 is 0 Å². The minimum atomic E-state index is -0.290. The highest BCUT2D eigenvalue weighted by Crippen LogP contribution is 2.39. The van der Waals surface area contributed by atoms with Crippen molar-refractivity contribution in [3.05, 3.63) is 71.6 Å². The number of unbranched alkanes of at least 4 members (excludes halogenated alkanes) is 2. The van der Waals surface area contributed by atoms with Gasteiger partial charge in [0, 0.05) is 46.5 Å². The van der Waals surface area contributed by atoms with E-state index < -0.39 is 0 Å². The van der Waals surface area contributed by atoms with Crippen molar-refractivity contribution in [3.63, 3.8) is 0 Å². The van der Waals surface area contributed by atoms with Crippen LogP contribution in [0.25, 0.3) is 21.8 Å². The number of ether oxygens (including phenoxy) is 1. The molecule has 0 aliphatic heterocycles. The molecule has 4 nitrogen and oxygen atoms in total. The van der Waals surface area contributed by atoms with Crippen LogP contribution in [0.4, 0.5) is 8.78 Å². The molecule has 2 heterocycles. The summed E-state index contributed by atoms with van der Waals surface area (Å²) < 4.78 is 34.4. The lowest BCUT2D eigenvalue weighted by atomic mass is 9.86. The average molecular weight is 424 g/mol. The van der Waals surface area contributed by atoms with Crippen LogP contribution in [0.1, 0.15) is 56.1 Å². The molecule has 0 bridgehead atoms. The molecule has 0 saturated carbocycles. The highest BCUT2D eigenvalue weighted by molar-refractivity contribution is 5.88. The Morgan fingerprint density at radius 3 is 2.03 bits per heavy atom. The normalized spacial score (nSPS) is 11.6. The van der Waals surface area contributed by atoms with E-state index in [2.05, 4.69) is 9.97 Å². The predicted molar refractivity (Wildman–Crippen MR) is 118 cm³/mol. The molecule has 0 spiro atoms. The fourth-order valence-corrected chi connectivity index (χ4v) is 4.39. The number of hydrogen-bond donors (Lipinski definition) is 2. The highest BCUT2D eigenvalue weighted by Gasteiger charge is 2.24. The molecule has 0 amide bonds. The first-order valence-electron chi connectivity index (χ1n) is 10.8. The fourth-order valence-electron chi connectivity index (χ4n) is 4.39. The van der Waals surface area contributed by atoms with Crippen LogP contribution in [0.2, 0.25) is 0 Å². The number of fused-ring (bicyclic) bond motifs is 2. The van der Waals surface area contributed by atoms with Crippen molar-refractivity contribution in [2.24, 2.45) is 0 Å². The van der Waals surface area contributed by atoms with Gasteiger partial charge in [-0.1, -0.05) is 25.0 Å². The smallest absolute Gasteiger partial charge is 0.305 e. The fraction of sp³-hybridized carbons (Fsp3) is 0.320. The lowest BCUT2D eigenvalue weighted by Crippen LogP contribution is -2.04. The SMILES string of the molecule is CCOC(=O)CCCCCC(c1c[nH]c2cccc(F)c12)c1c[nH]c2cccc(F)c12. The Morgan fingerprint density at radius 1 is 0.903 bits per heavy atom. The topological polar surface area (TPSA) is 57.9 Å². The standard InChI is InChI=1S/C25H26F2N2O2/c1-2-31-23(30)13-5-3-4-8-16(17-14-28-21-11-6-9-19(26)24(17)21)18-15-29-22-12-7-10-20(27)25(18)22/h6-7,9-12,14-16,28-29H,2-5,8,13H2,1H3. The number of rotatable bonds is 9. The first-order chi connectivity index (χ1) is 15.1. The van der Waals surface area contributed by atoms with E-state index in [1.165, 1.54) is 12.1 Å². The van der Waals surface area contributed by atoms with E-state index in [-0.39, 0.29) is 23.5 Å². The van der Waals surface area contributed by atoms with Crippen LogP contribution < -0.4 is 0 Å². The first kappa shape index (κ1) is 21.1. The number of aromatic amines is 2. The van der Waals surface area contributed by atoms with E-state index in [4.69, 9.17) is 4.74 Å². The van der Waals surface area contributed by atoms with Gasteiger partial charge < -0.3 is 14.7 Å². The van der Waals surface area contributed by atoms with Crippen molar-refractivity contribution in [2.75, 3.05) is 6.61 Å². The van der Waals surface area contributed by atoms with Crippen LogP contribution in [0, 0.1) is 11.6 Å². The van der Waals surface area contributed by atoms with Crippen molar-refractivity contribution in [1.29, 1.82) is 0 Å². The third-order valence-electron chi connectivity index (χ3n) is 5.80. The van der Waals surface area contributed by atoms with Gasteiger partial charge in [-0.05, 0) is 55.2 Å². The maximum absolute atomic E-state index is 14.7. The molecule has 0 saturated heterocycles. The highest BCUT2D eigenvalue weighted by atomic mass is 19.1. The number of H-pyrrole nitrogens is 2. The molecule has 0 atom stereocenters. The Morgan fingerprint density at radius 2 is 1.48 bits per heavy atom. The van der Waals surface area contributed by atoms with Crippen LogP contribution in [0.3, 0.4) is 0 Å². The molecule has 0 aliphatic rings. The quantitative estimate of drug-likeness (QED) is 0.236. The summed E-state index contributed by atoms with van der Waals surface area (Å²) in [6.45, 7) is 2.18. The zero-order valence-corrected chi connectivity index (χ0v) is 17.5. The molecule has 0 unspecified atom stereocenters. The summed E-state index contributed by atoms with van der Waals surface area (Å²) in [5, 5.41) is 1.09. The van der Waals surface area contributed by atoms with E-state index in [9.17, 15) is 13.6 Å². The van der Waals surface area contributed by atoms with E-state index in [0.29, 0.717) is 30.2 Å². The summed E-state index contributed by atoms with van der Waals surface area (Å²) in [4.78, 5) is 17.9. The van der Waals surface area contributed by atoms with Gasteiger partial charge in [-0.25, -0.2) is 8.78 Å². The number of carbonyl (C=O) groups excluding carboxylic acids is 1. The monoisotopic (exact) mass is 424 g/mol. The molecule has 31 heavy (non-hydrogen) atoms. The third-order valence-corrected chi connectivity index (χ3v) is 5.80. The van der Waals surface area contributed by atoms with Crippen molar-refractivity contribution in [2.45, 2.75) is 44.9 Å². The number of benzene rings is 2. The molecular weight excluding hydrogens is 398 g/mol. The summed E-state index contributed by atoms with van der Waals surface area (Å²) in [6, 6.07) is 9.93. The third kappa shape index (κ3) is 4.33. The predicted octanol–water partition coefficient (Wildman–Crippen LogP) is 6.57. The second-order valence-electron chi connectivity index (χ2n) is 7.77. The van der Waals surface area contributed by atoms with E-state index >= 15 is 0 Å². The Bertz CT molecular complexity index is 1110. The maximum atomic E-state index is 14.7. The molecule has 4 aromatic rings. The van der Waals surface area contributed by atoms with Gasteiger partial charge in [-0.2, -0.15) is 0 Å². The second kappa shape index (κ2) is 9.33. The zero-order valence-electron chi connectivity index (χ0n) is 17.5. The van der Waals surface area contributed by atoms with Gasteiger partial charge in [-0.15, -0.1) is 0 Å². The molecular formula is C25H26F2N2O2. The largest absolute Gasteiger partial charge is 0.466 e.